The van der Waals surface area contributed by atoms with Crippen molar-refractivity contribution in [1.29, 1.82) is 10.5 Å². The summed E-state index contributed by atoms with van der Waals surface area (Å²) in [6, 6.07) is 24.5. The van der Waals surface area contributed by atoms with Crippen LogP contribution in [0.3, 0.4) is 0 Å². The summed E-state index contributed by atoms with van der Waals surface area (Å²) < 4.78 is 0. The Morgan fingerprint density at radius 3 is 1.18 bits per heavy atom. The fourth-order valence-electron chi connectivity index (χ4n) is 1.32. The predicted octanol–water partition coefficient (Wildman–Crippen LogP) is 5.70. The van der Waals surface area contributed by atoms with Gasteiger partial charge in [-0.25, -0.2) is 0 Å². The Bertz CT molecular complexity index is 532. The van der Waals surface area contributed by atoms with Crippen molar-refractivity contribution >= 4 is 12.2 Å². The van der Waals surface area contributed by atoms with Crippen LogP contribution >= 0.6 is 0 Å². The van der Waals surface area contributed by atoms with Crippen LogP contribution in [-0.2, 0) is 0 Å². The molecule has 0 N–H and O–H groups in total. The van der Waals surface area contributed by atoms with E-state index in [-0.39, 0.29) is 0 Å². The molecule has 0 aliphatic rings. The summed E-state index contributed by atoms with van der Waals surface area (Å²) in [7, 11) is 0. The number of benzene rings is 2. The third-order valence-corrected chi connectivity index (χ3v) is 2.38. The van der Waals surface area contributed by atoms with Gasteiger partial charge in [0.15, 0.2) is 0 Å². The van der Waals surface area contributed by atoms with E-state index in [1.165, 1.54) is 11.1 Å². The van der Waals surface area contributed by atoms with Gasteiger partial charge in [-0.05, 0) is 11.1 Å². The molecule has 2 aromatic rings. The van der Waals surface area contributed by atoms with Gasteiger partial charge >= 0.3 is 0 Å². The van der Waals surface area contributed by atoms with Gasteiger partial charge in [-0.15, -0.1) is 0 Å². The van der Waals surface area contributed by atoms with E-state index in [4.69, 9.17) is 10.5 Å². The van der Waals surface area contributed by atoms with Gasteiger partial charge in [-0.2, -0.15) is 10.5 Å². The number of hydrogen-bond acceptors (Lipinski definition) is 2. The van der Waals surface area contributed by atoms with Crippen LogP contribution in [0.25, 0.3) is 12.2 Å². The highest BCUT2D eigenvalue weighted by Crippen LogP contribution is 2.06. The van der Waals surface area contributed by atoms with E-state index < -0.39 is 0 Å². The van der Waals surface area contributed by atoms with E-state index in [9.17, 15) is 0 Å². The monoisotopic (exact) mass is 290 g/mol. The average molecular weight is 290 g/mol. The van der Waals surface area contributed by atoms with Crippen molar-refractivity contribution in [3.05, 3.63) is 71.8 Å². The fourth-order valence-corrected chi connectivity index (χ4v) is 1.32. The molecule has 2 rings (SSSR count). The first-order chi connectivity index (χ1) is 10.8. The Kier molecular flexibility index (Phi) is 12.7. The molecule has 0 radical (unpaired) electrons. The van der Waals surface area contributed by atoms with E-state index >= 15 is 0 Å². The maximum absolute atomic E-state index is 7.62. The van der Waals surface area contributed by atoms with Gasteiger partial charge in [0, 0.05) is 12.8 Å². The molecule has 0 heterocycles. The molecule has 0 atom stereocenters. The molecule has 22 heavy (non-hydrogen) atoms. The van der Waals surface area contributed by atoms with Crippen molar-refractivity contribution in [1.82, 2.24) is 0 Å². The highest BCUT2D eigenvalue weighted by atomic mass is 14.2. The lowest BCUT2D eigenvalue weighted by atomic mass is 10.1. The quantitative estimate of drug-likeness (QED) is 0.666. The minimum absolute atomic E-state index is 0.625. The van der Waals surface area contributed by atoms with Crippen LogP contribution in [0.15, 0.2) is 60.7 Å². The van der Waals surface area contributed by atoms with Crippen LogP contribution in [-0.4, -0.2) is 0 Å². The number of hydrogen-bond donors (Lipinski definition) is 0. The lowest BCUT2D eigenvalue weighted by Gasteiger charge is -1.92. The summed E-state index contributed by atoms with van der Waals surface area (Å²) in [5, 5.41) is 15.2. The van der Waals surface area contributed by atoms with Crippen LogP contribution in [0, 0.1) is 22.7 Å². The standard InChI is InChI=1S/C14H12.2C3H5N/c1-3-7-13(8-4-1)11-12-14-9-5-2-6-10-14;2*1-2-3-4/h1-12H;2*2H2,1H3. The Morgan fingerprint density at radius 2 is 0.955 bits per heavy atom. The van der Waals surface area contributed by atoms with E-state index in [2.05, 4.69) is 36.4 Å². The summed E-state index contributed by atoms with van der Waals surface area (Å²) in [4.78, 5) is 0. The highest BCUT2D eigenvalue weighted by molar-refractivity contribution is 5.69. The third kappa shape index (κ3) is 11.0. The van der Waals surface area contributed by atoms with E-state index in [1.807, 2.05) is 62.4 Å². The topological polar surface area (TPSA) is 47.6 Å². The maximum atomic E-state index is 7.62. The van der Waals surface area contributed by atoms with Gasteiger partial charge in [-0.3, -0.25) is 0 Å². The van der Waals surface area contributed by atoms with Gasteiger partial charge in [0.25, 0.3) is 0 Å². The molecule has 0 bridgehead atoms. The summed E-state index contributed by atoms with van der Waals surface area (Å²) >= 11 is 0. The molecule has 0 fully saturated rings. The Balaban J connectivity index is 0.000000464. The van der Waals surface area contributed by atoms with E-state index in [1.54, 1.807) is 0 Å². The van der Waals surface area contributed by atoms with Crippen LogP contribution < -0.4 is 0 Å². The Morgan fingerprint density at radius 1 is 0.682 bits per heavy atom. The van der Waals surface area contributed by atoms with Crippen molar-refractivity contribution in [2.45, 2.75) is 26.7 Å². The van der Waals surface area contributed by atoms with Crippen molar-refractivity contribution in [2.24, 2.45) is 0 Å². The van der Waals surface area contributed by atoms with E-state index in [0.29, 0.717) is 12.8 Å². The summed E-state index contributed by atoms with van der Waals surface area (Å²) in [5.74, 6) is 0. The minimum Gasteiger partial charge on any atom is -0.198 e. The van der Waals surface area contributed by atoms with Crippen molar-refractivity contribution in [2.75, 3.05) is 0 Å². The largest absolute Gasteiger partial charge is 0.198 e. The van der Waals surface area contributed by atoms with Crippen LogP contribution in [0.5, 0.6) is 0 Å². The van der Waals surface area contributed by atoms with Gasteiger partial charge < -0.3 is 0 Å². The van der Waals surface area contributed by atoms with Gasteiger partial charge in [0.2, 0.25) is 0 Å². The fraction of sp³-hybridized carbons (Fsp3) is 0.200. The van der Waals surface area contributed by atoms with Crippen molar-refractivity contribution in [3.63, 3.8) is 0 Å². The SMILES string of the molecule is C(=Cc1ccccc1)c1ccccc1.CCC#N.CCC#N. The molecule has 0 aliphatic heterocycles. The molecule has 0 aromatic heterocycles. The molecule has 0 spiro atoms. The summed E-state index contributed by atoms with van der Waals surface area (Å²) in [6.07, 6.45) is 5.49. The lowest BCUT2D eigenvalue weighted by Crippen LogP contribution is -1.70. The second-order valence-electron chi connectivity index (χ2n) is 4.18. The molecule has 0 aliphatic carbocycles. The molecule has 112 valence electrons. The molecular formula is C20H22N2. The molecule has 0 unspecified atom stereocenters. The van der Waals surface area contributed by atoms with Gasteiger partial charge in [0.1, 0.15) is 0 Å². The van der Waals surface area contributed by atoms with Crippen LogP contribution in [0.1, 0.15) is 37.8 Å². The molecule has 2 aromatic carbocycles. The zero-order valence-electron chi connectivity index (χ0n) is 13.2. The van der Waals surface area contributed by atoms with E-state index in [0.717, 1.165) is 0 Å². The zero-order valence-corrected chi connectivity index (χ0v) is 13.2. The van der Waals surface area contributed by atoms with Gasteiger partial charge in [-0.1, -0.05) is 86.7 Å². The third-order valence-electron chi connectivity index (χ3n) is 2.38. The number of nitrogens with zero attached hydrogens (tertiary/aromatic N) is 2. The summed E-state index contributed by atoms with van der Waals surface area (Å²) in [5.41, 5.74) is 2.47. The van der Waals surface area contributed by atoms with Gasteiger partial charge in [0.05, 0.1) is 12.1 Å². The second kappa shape index (κ2) is 14.6. The maximum Gasteiger partial charge on any atom is 0.0618 e. The smallest absolute Gasteiger partial charge is 0.0618 e. The minimum atomic E-state index is 0.625. The molecule has 0 amide bonds. The molecular weight excluding hydrogens is 268 g/mol. The predicted molar refractivity (Wildman–Crippen MR) is 93.6 cm³/mol. The second-order valence-corrected chi connectivity index (χ2v) is 4.18. The molecule has 0 saturated heterocycles. The molecule has 0 saturated carbocycles. The highest BCUT2D eigenvalue weighted by Gasteiger charge is 1.84. The van der Waals surface area contributed by atoms with Crippen LogP contribution in [0.2, 0.25) is 0 Å². The normalized spacial score (nSPS) is 8.55. The zero-order chi connectivity index (χ0) is 16.5. The van der Waals surface area contributed by atoms with Crippen LogP contribution in [0.4, 0.5) is 0 Å². The summed E-state index contributed by atoms with van der Waals surface area (Å²) in [6.45, 7) is 3.64. The first kappa shape index (κ1) is 19.2. The molecule has 2 heteroatoms. The Labute approximate surface area is 134 Å². The molecule has 2 nitrogen and oxygen atoms in total. The lowest BCUT2D eigenvalue weighted by molar-refractivity contribution is 1.22. The van der Waals surface area contributed by atoms with Crippen molar-refractivity contribution in [3.8, 4) is 12.1 Å². The van der Waals surface area contributed by atoms with Crippen molar-refractivity contribution < 1.29 is 0 Å². The Hall–Kier alpha value is -2.84. The number of rotatable bonds is 2. The average Bonchev–Trinajstić information content (AvgIpc) is 2.62. The first-order valence-corrected chi connectivity index (χ1v) is 7.30. The first-order valence-electron chi connectivity index (χ1n) is 7.30. The number of nitriles is 2.